The Morgan fingerprint density at radius 1 is 1.30 bits per heavy atom. The quantitative estimate of drug-likeness (QED) is 0.650. The van der Waals surface area contributed by atoms with Gasteiger partial charge >= 0.3 is 0 Å². The fourth-order valence-electron chi connectivity index (χ4n) is 0.859. The van der Waals surface area contributed by atoms with Gasteiger partial charge in [0.1, 0.15) is 0 Å². The smallest absolute Gasteiger partial charge is 0.0572 e. The molecule has 0 heterocycles. The maximum Gasteiger partial charge on any atom is 0.0572 e. The predicted molar refractivity (Wildman–Crippen MR) is 40.0 cm³/mol. The average Bonchev–Trinajstić information content (AvgIpc) is 1.94. The molecule has 2 nitrogen and oxygen atoms in total. The fraction of sp³-hybridized carbons (Fsp3) is 0.250. The summed E-state index contributed by atoms with van der Waals surface area (Å²) in [5, 5.41) is 8.56. The van der Waals surface area contributed by atoms with Crippen LogP contribution in [0.5, 0.6) is 0 Å². The number of rotatable bonds is 2. The minimum atomic E-state index is 0.121. The van der Waals surface area contributed by atoms with Gasteiger partial charge in [-0.3, -0.25) is 0 Å². The number of benzene rings is 1. The first-order chi connectivity index (χ1) is 4.84. The van der Waals surface area contributed by atoms with Crippen LogP contribution in [0.2, 0.25) is 0 Å². The number of aliphatic hydroxyl groups is 1. The number of nitrogens with one attached hydrogen (secondary N) is 1. The summed E-state index contributed by atoms with van der Waals surface area (Å²) in [5.74, 6) is 0. The van der Waals surface area contributed by atoms with Crippen molar-refractivity contribution in [3.8, 4) is 0 Å². The SMILES string of the molecule is [NH]c1ccccc1CCO. The molecule has 0 atom stereocenters. The molecule has 1 aromatic carbocycles. The second-order valence-electron chi connectivity index (χ2n) is 2.13. The molecule has 0 aromatic heterocycles. The lowest BCUT2D eigenvalue weighted by Crippen LogP contribution is -1.91. The lowest BCUT2D eigenvalue weighted by atomic mass is 10.1. The highest BCUT2D eigenvalue weighted by Gasteiger charge is 1.94. The lowest BCUT2D eigenvalue weighted by Gasteiger charge is -1.99. The fourth-order valence-corrected chi connectivity index (χ4v) is 0.859. The summed E-state index contributed by atoms with van der Waals surface area (Å²) in [4.78, 5) is 0. The molecule has 0 aliphatic rings. The van der Waals surface area contributed by atoms with Crippen LogP contribution in [0.3, 0.4) is 0 Å². The lowest BCUT2D eigenvalue weighted by molar-refractivity contribution is 0.299. The predicted octanol–water partition coefficient (Wildman–Crippen LogP) is 1.14. The highest BCUT2D eigenvalue weighted by molar-refractivity contribution is 5.42. The van der Waals surface area contributed by atoms with E-state index in [1.807, 2.05) is 18.2 Å². The zero-order valence-electron chi connectivity index (χ0n) is 5.67. The summed E-state index contributed by atoms with van der Waals surface area (Å²) in [5.41, 5.74) is 8.78. The summed E-state index contributed by atoms with van der Waals surface area (Å²) < 4.78 is 0. The summed E-state index contributed by atoms with van der Waals surface area (Å²) >= 11 is 0. The molecule has 0 saturated heterocycles. The van der Waals surface area contributed by atoms with E-state index in [9.17, 15) is 0 Å². The molecule has 0 bridgehead atoms. The molecule has 2 heteroatoms. The largest absolute Gasteiger partial charge is 0.396 e. The molecule has 0 aliphatic heterocycles. The molecule has 1 aromatic rings. The standard InChI is InChI=1S/C8H10NO/c9-8-4-2-1-3-7(8)5-6-10/h1-4,9-10H,5-6H2. The molecule has 1 radical (unpaired) electrons. The second-order valence-corrected chi connectivity index (χ2v) is 2.13. The van der Waals surface area contributed by atoms with Gasteiger partial charge in [-0.2, -0.15) is 0 Å². The zero-order valence-corrected chi connectivity index (χ0v) is 5.67. The van der Waals surface area contributed by atoms with E-state index in [1.54, 1.807) is 6.07 Å². The number of hydrogen-bond donors (Lipinski definition) is 1. The van der Waals surface area contributed by atoms with Gasteiger partial charge in [0.2, 0.25) is 0 Å². The van der Waals surface area contributed by atoms with Crippen LogP contribution in [-0.2, 0) is 6.42 Å². The van der Waals surface area contributed by atoms with Crippen molar-refractivity contribution >= 4 is 5.69 Å². The van der Waals surface area contributed by atoms with Crippen LogP contribution in [0.4, 0.5) is 5.69 Å². The third-order valence-electron chi connectivity index (χ3n) is 1.40. The molecule has 0 amide bonds. The molecule has 2 N–H and O–H groups in total. The Hall–Kier alpha value is -1.02. The van der Waals surface area contributed by atoms with Crippen molar-refractivity contribution in [2.24, 2.45) is 0 Å². The maximum absolute atomic E-state index is 8.56. The highest BCUT2D eigenvalue weighted by Crippen LogP contribution is 2.11. The molecule has 0 aliphatic carbocycles. The molecule has 1 rings (SSSR count). The second kappa shape index (κ2) is 3.22. The van der Waals surface area contributed by atoms with E-state index in [-0.39, 0.29) is 6.61 Å². The first-order valence-electron chi connectivity index (χ1n) is 3.25. The highest BCUT2D eigenvalue weighted by atomic mass is 16.2. The van der Waals surface area contributed by atoms with E-state index in [4.69, 9.17) is 10.8 Å². The van der Waals surface area contributed by atoms with E-state index >= 15 is 0 Å². The van der Waals surface area contributed by atoms with Crippen molar-refractivity contribution < 1.29 is 5.11 Å². The molecule has 53 valence electrons. The van der Waals surface area contributed by atoms with Gasteiger partial charge in [-0.15, -0.1) is 0 Å². The maximum atomic E-state index is 8.56. The van der Waals surface area contributed by atoms with Gasteiger partial charge in [-0.05, 0) is 18.1 Å². The monoisotopic (exact) mass is 136 g/mol. The van der Waals surface area contributed by atoms with E-state index in [0.29, 0.717) is 12.1 Å². The molecule has 10 heavy (non-hydrogen) atoms. The molecular formula is C8H10NO. The topological polar surface area (TPSA) is 44.0 Å². The summed E-state index contributed by atoms with van der Waals surface area (Å²) in [6, 6.07) is 7.29. The van der Waals surface area contributed by atoms with Crippen LogP contribution in [-0.4, -0.2) is 11.7 Å². The van der Waals surface area contributed by atoms with Crippen molar-refractivity contribution in [1.82, 2.24) is 5.73 Å². The first-order valence-corrected chi connectivity index (χ1v) is 3.25. The van der Waals surface area contributed by atoms with Crippen molar-refractivity contribution in [2.45, 2.75) is 6.42 Å². The third kappa shape index (κ3) is 1.48. The molecular weight excluding hydrogens is 126 g/mol. The molecule has 0 fully saturated rings. The van der Waals surface area contributed by atoms with Crippen LogP contribution >= 0.6 is 0 Å². The van der Waals surface area contributed by atoms with Gasteiger partial charge in [0, 0.05) is 6.61 Å². The van der Waals surface area contributed by atoms with E-state index in [1.165, 1.54) is 0 Å². The molecule has 0 spiro atoms. The average molecular weight is 136 g/mol. The Morgan fingerprint density at radius 3 is 2.60 bits per heavy atom. The number of hydrogen-bond acceptors (Lipinski definition) is 1. The Balaban J connectivity index is 2.81. The van der Waals surface area contributed by atoms with E-state index < -0.39 is 0 Å². The van der Waals surface area contributed by atoms with Gasteiger partial charge in [0.05, 0.1) is 5.69 Å². The van der Waals surface area contributed by atoms with Gasteiger partial charge in [0.25, 0.3) is 0 Å². The van der Waals surface area contributed by atoms with Crippen molar-refractivity contribution in [1.29, 1.82) is 0 Å². The molecule has 0 saturated carbocycles. The Kier molecular flexibility index (Phi) is 2.29. The van der Waals surface area contributed by atoms with Crippen molar-refractivity contribution in [3.05, 3.63) is 29.8 Å². The van der Waals surface area contributed by atoms with Crippen molar-refractivity contribution in [3.63, 3.8) is 0 Å². The van der Waals surface area contributed by atoms with Crippen molar-refractivity contribution in [2.75, 3.05) is 6.61 Å². The Labute approximate surface area is 60.3 Å². The van der Waals surface area contributed by atoms with Crippen LogP contribution < -0.4 is 5.73 Å². The minimum absolute atomic E-state index is 0.121. The third-order valence-corrected chi connectivity index (χ3v) is 1.40. The first kappa shape index (κ1) is 7.09. The summed E-state index contributed by atoms with van der Waals surface area (Å²) in [6.45, 7) is 0.121. The summed E-state index contributed by atoms with van der Waals surface area (Å²) in [6.07, 6.45) is 0.583. The van der Waals surface area contributed by atoms with Crippen LogP contribution in [0.15, 0.2) is 24.3 Å². The van der Waals surface area contributed by atoms with Crippen LogP contribution in [0, 0.1) is 0 Å². The molecule has 0 unspecified atom stereocenters. The normalized spacial score (nSPS) is 9.70. The van der Waals surface area contributed by atoms with Crippen LogP contribution in [0.25, 0.3) is 0 Å². The van der Waals surface area contributed by atoms with E-state index in [2.05, 4.69) is 0 Å². The van der Waals surface area contributed by atoms with Gasteiger partial charge < -0.3 is 10.8 Å². The minimum Gasteiger partial charge on any atom is -0.396 e. The zero-order chi connectivity index (χ0) is 7.40. The van der Waals surface area contributed by atoms with Crippen LogP contribution in [0.1, 0.15) is 5.56 Å². The Bertz CT molecular complexity index is 210. The van der Waals surface area contributed by atoms with Gasteiger partial charge in [-0.25, -0.2) is 0 Å². The van der Waals surface area contributed by atoms with E-state index in [0.717, 1.165) is 5.56 Å². The summed E-state index contributed by atoms with van der Waals surface area (Å²) in [7, 11) is 0. The Morgan fingerprint density at radius 2 is 2.00 bits per heavy atom. The van der Waals surface area contributed by atoms with Gasteiger partial charge in [-0.1, -0.05) is 18.2 Å². The van der Waals surface area contributed by atoms with Gasteiger partial charge in [0.15, 0.2) is 0 Å². The number of aliphatic hydroxyl groups excluding tert-OH is 1.